The van der Waals surface area contributed by atoms with E-state index in [2.05, 4.69) is 15.4 Å². The maximum absolute atomic E-state index is 12.4. The Bertz CT molecular complexity index is 723. The summed E-state index contributed by atoms with van der Waals surface area (Å²) in [5.41, 5.74) is 2.26. The van der Waals surface area contributed by atoms with Gasteiger partial charge in [0.1, 0.15) is 0 Å². The molecule has 0 bridgehead atoms. The lowest BCUT2D eigenvalue weighted by Gasteiger charge is -2.13. The minimum absolute atomic E-state index is 0.0154. The van der Waals surface area contributed by atoms with Crippen molar-refractivity contribution in [3.8, 4) is 11.5 Å². The SMILES string of the molecule is CCc1ccccc1NC(=O)CNc1ccc(OC)c(OC(F)F)c1. The van der Waals surface area contributed by atoms with E-state index in [-0.39, 0.29) is 24.0 Å². The Morgan fingerprint density at radius 1 is 1.16 bits per heavy atom. The third-order valence-corrected chi connectivity index (χ3v) is 3.51. The molecule has 0 unspecified atom stereocenters. The van der Waals surface area contributed by atoms with Gasteiger partial charge in [0.25, 0.3) is 0 Å². The fraction of sp³-hybridized carbons (Fsp3) is 0.278. The first kappa shape index (κ1) is 18.5. The normalized spacial score (nSPS) is 10.4. The zero-order chi connectivity index (χ0) is 18.2. The highest BCUT2D eigenvalue weighted by molar-refractivity contribution is 5.94. The Balaban J connectivity index is 1.99. The van der Waals surface area contributed by atoms with E-state index in [4.69, 9.17) is 4.74 Å². The van der Waals surface area contributed by atoms with E-state index in [1.807, 2.05) is 31.2 Å². The van der Waals surface area contributed by atoms with Gasteiger partial charge in [-0.05, 0) is 30.2 Å². The molecule has 7 heteroatoms. The number of para-hydroxylation sites is 1. The van der Waals surface area contributed by atoms with Gasteiger partial charge in [0, 0.05) is 17.4 Å². The second kappa shape index (κ2) is 8.86. The Labute approximate surface area is 144 Å². The van der Waals surface area contributed by atoms with Crippen LogP contribution in [-0.4, -0.2) is 26.2 Å². The van der Waals surface area contributed by atoms with Crippen LogP contribution in [0.3, 0.4) is 0 Å². The summed E-state index contributed by atoms with van der Waals surface area (Å²) in [5.74, 6) is -0.153. The van der Waals surface area contributed by atoms with Gasteiger partial charge in [0.15, 0.2) is 11.5 Å². The summed E-state index contributed by atoms with van der Waals surface area (Å²) >= 11 is 0. The fourth-order valence-electron chi connectivity index (χ4n) is 2.30. The average molecular weight is 350 g/mol. The van der Waals surface area contributed by atoms with Gasteiger partial charge in [-0.3, -0.25) is 4.79 Å². The van der Waals surface area contributed by atoms with Crippen molar-refractivity contribution in [2.45, 2.75) is 20.0 Å². The molecular formula is C18H20F2N2O3. The van der Waals surface area contributed by atoms with Crippen LogP contribution in [0.2, 0.25) is 0 Å². The van der Waals surface area contributed by atoms with E-state index in [0.29, 0.717) is 5.69 Å². The number of hydrogen-bond acceptors (Lipinski definition) is 4. The minimum Gasteiger partial charge on any atom is -0.493 e. The zero-order valence-corrected chi connectivity index (χ0v) is 14.0. The quantitative estimate of drug-likeness (QED) is 0.758. The number of amides is 1. The number of rotatable bonds is 8. The summed E-state index contributed by atoms with van der Waals surface area (Å²) in [5, 5.41) is 5.70. The molecular weight excluding hydrogens is 330 g/mol. The molecule has 0 radical (unpaired) electrons. The molecule has 5 nitrogen and oxygen atoms in total. The maximum atomic E-state index is 12.4. The van der Waals surface area contributed by atoms with Crippen LogP contribution in [0.5, 0.6) is 11.5 Å². The number of aryl methyl sites for hydroxylation is 1. The Kier molecular flexibility index (Phi) is 6.56. The fourth-order valence-corrected chi connectivity index (χ4v) is 2.30. The molecule has 0 fully saturated rings. The van der Waals surface area contributed by atoms with Crippen molar-refractivity contribution in [3.63, 3.8) is 0 Å². The highest BCUT2D eigenvalue weighted by Crippen LogP contribution is 2.31. The van der Waals surface area contributed by atoms with Crippen LogP contribution < -0.4 is 20.1 Å². The first-order chi connectivity index (χ1) is 12.0. The van der Waals surface area contributed by atoms with Crippen LogP contribution in [0, 0.1) is 0 Å². The zero-order valence-electron chi connectivity index (χ0n) is 14.0. The van der Waals surface area contributed by atoms with Gasteiger partial charge in [-0.25, -0.2) is 0 Å². The molecule has 2 N–H and O–H groups in total. The van der Waals surface area contributed by atoms with Gasteiger partial charge in [0.2, 0.25) is 5.91 Å². The largest absolute Gasteiger partial charge is 0.493 e. The predicted molar refractivity (Wildman–Crippen MR) is 92.6 cm³/mol. The maximum Gasteiger partial charge on any atom is 0.387 e. The molecule has 0 aromatic heterocycles. The molecule has 0 aliphatic rings. The summed E-state index contributed by atoms with van der Waals surface area (Å²) in [6, 6.07) is 12.0. The van der Waals surface area contributed by atoms with Gasteiger partial charge < -0.3 is 20.1 Å². The highest BCUT2D eigenvalue weighted by Gasteiger charge is 2.12. The smallest absolute Gasteiger partial charge is 0.387 e. The molecule has 1 amide bonds. The van der Waals surface area contributed by atoms with E-state index < -0.39 is 6.61 Å². The third-order valence-electron chi connectivity index (χ3n) is 3.51. The first-order valence-corrected chi connectivity index (χ1v) is 7.78. The van der Waals surface area contributed by atoms with Gasteiger partial charge in [-0.1, -0.05) is 25.1 Å². The number of carbonyl (C=O) groups excluding carboxylic acids is 1. The Morgan fingerprint density at radius 3 is 2.60 bits per heavy atom. The number of nitrogens with one attached hydrogen (secondary N) is 2. The molecule has 25 heavy (non-hydrogen) atoms. The number of hydrogen-bond donors (Lipinski definition) is 2. The second-order valence-corrected chi connectivity index (χ2v) is 5.16. The molecule has 134 valence electrons. The summed E-state index contributed by atoms with van der Waals surface area (Å²) < 4.78 is 34.2. The standard InChI is InChI=1S/C18H20F2N2O3/c1-3-12-6-4-5-7-14(12)22-17(23)11-21-13-8-9-15(24-2)16(10-13)25-18(19)20/h4-10,18,21H,3,11H2,1-2H3,(H,22,23). The monoisotopic (exact) mass is 350 g/mol. The first-order valence-electron chi connectivity index (χ1n) is 7.78. The summed E-state index contributed by atoms with van der Waals surface area (Å²) in [6.07, 6.45) is 0.802. The van der Waals surface area contributed by atoms with Gasteiger partial charge in [-0.15, -0.1) is 0 Å². The van der Waals surface area contributed by atoms with E-state index >= 15 is 0 Å². The molecule has 0 heterocycles. The molecule has 2 rings (SSSR count). The average Bonchev–Trinajstić information content (AvgIpc) is 2.60. The van der Waals surface area contributed by atoms with E-state index in [0.717, 1.165) is 17.7 Å². The van der Waals surface area contributed by atoms with Crippen molar-refractivity contribution in [2.24, 2.45) is 0 Å². The van der Waals surface area contributed by atoms with Crippen molar-refractivity contribution in [1.29, 1.82) is 0 Å². The second-order valence-electron chi connectivity index (χ2n) is 5.16. The summed E-state index contributed by atoms with van der Waals surface area (Å²) in [7, 11) is 1.36. The Hall–Kier alpha value is -2.83. The number of alkyl halides is 2. The Morgan fingerprint density at radius 2 is 1.92 bits per heavy atom. The van der Waals surface area contributed by atoms with E-state index in [9.17, 15) is 13.6 Å². The van der Waals surface area contributed by atoms with Crippen LogP contribution >= 0.6 is 0 Å². The molecule has 2 aromatic rings. The van der Waals surface area contributed by atoms with Crippen LogP contribution in [0.25, 0.3) is 0 Å². The van der Waals surface area contributed by atoms with Gasteiger partial charge in [-0.2, -0.15) is 8.78 Å². The van der Waals surface area contributed by atoms with Crippen molar-refractivity contribution < 1.29 is 23.0 Å². The number of ether oxygens (including phenoxy) is 2. The van der Waals surface area contributed by atoms with Crippen LogP contribution in [0.4, 0.5) is 20.2 Å². The van der Waals surface area contributed by atoms with Crippen LogP contribution in [0.1, 0.15) is 12.5 Å². The number of anilines is 2. The molecule has 0 aliphatic carbocycles. The van der Waals surface area contributed by atoms with Crippen molar-refractivity contribution in [1.82, 2.24) is 0 Å². The van der Waals surface area contributed by atoms with Gasteiger partial charge >= 0.3 is 6.61 Å². The van der Waals surface area contributed by atoms with Crippen molar-refractivity contribution in [3.05, 3.63) is 48.0 Å². The van der Waals surface area contributed by atoms with Crippen LogP contribution in [0.15, 0.2) is 42.5 Å². The van der Waals surface area contributed by atoms with Gasteiger partial charge in [0.05, 0.1) is 13.7 Å². The number of methoxy groups -OCH3 is 1. The molecule has 0 saturated carbocycles. The summed E-state index contributed by atoms with van der Waals surface area (Å²) in [6.45, 7) is -0.970. The number of benzene rings is 2. The lowest BCUT2D eigenvalue weighted by molar-refractivity contribution is -0.114. The molecule has 0 spiro atoms. The number of carbonyl (C=O) groups is 1. The van der Waals surface area contributed by atoms with Crippen molar-refractivity contribution in [2.75, 3.05) is 24.3 Å². The molecule has 2 aromatic carbocycles. The van der Waals surface area contributed by atoms with Crippen LogP contribution in [-0.2, 0) is 11.2 Å². The van der Waals surface area contributed by atoms with Crippen molar-refractivity contribution >= 4 is 17.3 Å². The van der Waals surface area contributed by atoms with E-state index in [1.54, 1.807) is 6.07 Å². The summed E-state index contributed by atoms with van der Waals surface area (Å²) in [4.78, 5) is 12.1. The molecule has 0 aliphatic heterocycles. The molecule has 0 saturated heterocycles. The lowest BCUT2D eigenvalue weighted by atomic mass is 10.1. The minimum atomic E-state index is -2.96. The van der Waals surface area contributed by atoms with E-state index in [1.165, 1.54) is 19.2 Å². The topological polar surface area (TPSA) is 59.6 Å². The number of halogens is 2. The molecule has 0 atom stereocenters. The highest BCUT2D eigenvalue weighted by atomic mass is 19.3. The predicted octanol–water partition coefficient (Wildman–Crippen LogP) is 3.91. The lowest BCUT2D eigenvalue weighted by Crippen LogP contribution is -2.22. The third kappa shape index (κ3) is 5.34.